The fourth-order valence-corrected chi connectivity index (χ4v) is 1.24. The van der Waals surface area contributed by atoms with Crippen LogP contribution in [0.3, 0.4) is 0 Å². The number of carbonyl (C=O) groups excluding carboxylic acids is 1. The van der Waals surface area contributed by atoms with Crippen molar-refractivity contribution in [3.8, 4) is 0 Å². The molecule has 1 rings (SSSR count). The first-order valence-electron chi connectivity index (χ1n) is 4.03. The standard InChI is InChI=1S/C9H8F3NOS/c10-9(11,12)15-6-13-8(14)7-4-2-1-3-5-7/h1-5H,6H2,(H,13,14). The van der Waals surface area contributed by atoms with Crippen LogP contribution in [0, 0.1) is 0 Å². The Morgan fingerprint density at radius 3 is 2.40 bits per heavy atom. The fourth-order valence-electron chi connectivity index (χ4n) is 0.875. The second-order valence-electron chi connectivity index (χ2n) is 2.61. The summed E-state index contributed by atoms with van der Waals surface area (Å²) in [6, 6.07) is 8.08. The zero-order valence-electron chi connectivity index (χ0n) is 7.54. The van der Waals surface area contributed by atoms with E-state index in [9.17, 15) is 18.0 Å². The van der Waals surface area contributed by atoms with Crippen LogP contribution < -0.4 is 5.32 Å². The van der Waals surface area contributed by atoms with Gasteiger partial charge >= 0.3 is 5.51 Å². The minimum absolute atomic E-state index is 0.275. The van der Waals surface area contributed by atoms with Gasteiger partial charge in [0.15, 0.2) is 0 Å². The lowest BCUT2D eigenvalue weighted by molar-refractivity contribution is -0.0328. The molecule has 0 heterocycles. The molecule has 1 aromatic rings. The number of thioether (sulfide) groups is 1. The number of alkyl halides is 3. The summed E-state index contributed by atoms with van der Waals surface area (Å²) in [5.74, 6) is -0.982. The Labute approximate surface area is 88.9 Å². The summed E-state index contributed by atoms with van der Waals surface area (Å²) in [4.78, 5) is 11.2. The van der Waals surface area contributed by atoms with Crippen molar-refractivity contribution in [2.75, 3.05) is 5.88 Å². The number of halogens is 3. The maximum absolute atomic E-state index is 11.7. The molecule has 15 heavy (non-hydrogen) atoms. The Morgan fingerprint density at radius 1 is 1.27 bits per heavy atom. The highest BCUT2D eigenvalue weighted by molar-refractivity contribution is 8.00. The van der Waals surface area contributed by atoms with E-state index >= 15 is 0 Å². The van der Waals surface area contributed by atoms with Crippen molar-refractivity contribution in [3.63, 3.8) is 0 Å². The van der Waals surface area contributed by atoms with Crippen molar-refractivity contribution >= 4 is 17.7 Å². The summed E-state index contributed by atoms with van der Waals surface area (Å²) in [7, 11) is 0. The highest BCUT2D eigenvalue weighted by Crippen LogP contribution is 2.28. The van der Waals surface area contributed by atoms with Gasteiger partial charge in [-0.05, 0) is 23.9 Å². The van der Waals surface area contributed by atoms with Crippen LogP contribution in [0.4, 0.5) is 13.2 Å². The highest BCUT2D eigenvalue weighted by atomic mass is 32.2. The zero-order valence-corrected chi connectivity index (χ0v) is 8.36. The van der Waals surface area contributed by atoms with Crippen LogP contribution in [0.5, 0.6) is 0 Å². The third kappa shape index (κ3) is 4.73. The minimum Gasteiger partial charge on any atom is -0.343 e. The van der Waals surface area contributed by atoms with Crippen LogP contribution in [0.25, 0.3) is 0 Å². The largest absolute Gasteiger partial charge is 0.443 e. The minimum atomic E-state index is -4.32. The Kier molecular flexibility index (Phi) is 4.02. The Balaban J connectivity index is 2.38. The molecular weight excluding hydrogens is 227 g/mol. The number of hydrogen-bond acceptors (Lipinski definition) is 2. The van der Waals surface area contributed by atoms with Gasteiger partial charge in [0, 0.05) is 5.56 Å². The Morgan fingerprint density at radius 2 is 1.87 bits per heavy atom. The van der Waals surface area contributed by atoms with Crippen LogP contribution in [-0.2, 0) is 0 Å². The van der Waals surface area contributed by atoms with Gasteiger partial charge in [-0.3, -0.25) is 4.79 Å². The van der Waals surface area contributed by atoms with Gasteiger partial charge in [-0.15, -0.1) is 0 Å². The van der Waals surface area contributed by atoms with Crippen molar-refractivity contribution in [3.05, 3.63) is 35.9 Å². The molecule has 0 aliphatic heterocycles. The first-order chi connectivity index (χ1) is 6.99. The lowest BCUT2D eigenvalue weighted by Crippen LogP contribution is -2.24. The molecule has 0 fully saturated rings. The molecule has 2 nitrogen and oxygen atoms in total. The molecule has 0 aromatic heterocycles. The summed E-state index contributed by atoms with van der Waals surface area (Å²) in [6.07, 6.45) is 0. The molecule has 0 aliphatic carbocycles. The number of carbonyl (C=O) groups is 1. The van der Waals surface area contributed by atoms with Crippen LogP contribution in [-0.4, -0.2) is 17.3 Å². The first kappa shape index (κ1) is 11.9. The lowest BCUT2D eigenvalue weighted by atomic mass is 10.2. The van der Waals surface area contributed by atoms with E-state index < -0.39 is 17.3 Å². The molecule has 0 saturated heterocycles. The van der Waals surface area contributed by atoms with Crippen LogP contribution in [0.15, 0.2) is 30.3 Å². The molecule has 1 aromatic carbocycles. The zero-order chi connectivity index (χ0) is 11.3. The summed E-state index contributed by atoms with van der Waals surface area (Å²) < 4.78 is 35.2. The van der Waals surface area contributed by atoms with Gasteiger partial charge in [0.1, 0.15) is 0 Å². The average molecular weight is 235 g/mol. The lowest BCUT2D eigenvalue weighted by Gasteiger charge is -2.06. The van der Waals surface area contributed by atoms with Gasteiger partial charge in [0.25, 0.3) is 5.91 Å². The van der Waals surface area contributed by atoms with E-state index in [1.807, 2.05) is 0 Å². The Hall–Kier alpha value is -1.17. The van der Waals surface area contributed by atoms with E-state index in [-0.39, 0.29) is 11.8 Å². The van der Waals surface area contributed by atoms with Gasteiger partial charge in [0.2, 0.25) is 0 Å². The number of benzene rings is 1. The topological polar surface area (TPSA) is 29.1 Å². The first-order valence-corrected chi connectivity index (χ1v) is 5.01. The van der Waals surface area contributed by atoms with Crippen LogP contribution >= 0.6 is 11.8 Å². The monoisotopic (exact) mass is 235 g/mol. The number of nitrogens with one attached hydrogen (secondary N) is 1. The van der Waals surface area contributed by atoms with Crippen molar-refractivity contribution in [1.29, 1.82) is 0 Å². The van der Waals surface area contributed by atoms with Gasteiger partial charge < -0.3 is 5.32 Å². The molecular formula is C9H8F3NOS. The second-order valence-corrected chi connectivity index (χ2v) is 3.65. The predicted octanol–water partition coefficient (Wildman–Crippen LogP) is 2.63. The average Bonchev–Trinajstić information content (AvgIpc) is 2.17. The quantitative estimate of drug-likeness (QED) is 0.816. The van der Waals surface area contributed by atoms with E-state index in [0.717, 1.165) is 0 Å². The molecule has 1 N–H and O–H groups in total. The summed E-state index contributed by atoms with van der Waals surface area (Å²) in [5, 5.41) is 2.16. The van der Waals surface area contributed by atoms with Crippen molar-refractivity contribution < 1.29 is 18.0 Å². The van der Waals surface area contributed by atoms with Crippen molar-refractivity contribution in [1.82, 2.24) is 5.32 Å². The van der Waals surface area contributed by atoms with Gasteiger partial charge in [-0.25, -0.2) is 0 Å². The highest BCUT2D eigenvalue weighted by Gasteiger charge is 2.27. The predicted molar refractivity (Wildman–Crippen MR) is 52.4 cm³/mol. The number of amides is 1. The molecule has 0 spiro atoms. The van der Waals surface area contributed by atoms with Crippen molar-refractivity contribution in [2.45, 2.75) is 5.51 Å². The number of hydrogen-bond donors (Lipinski definition) is 1. The molecule has 1 amide bonds. The summed E-state index contributed by atoms with van der Waals surface area (Å²) >= 11 is -0.275. The fraction of sp³-hybridized carbons (Fsp3) is 0.222. The molecule has 0 radical (unpaired) electrons. The van der Waals surface area contributed by atoms with Gasteiger partial charge in [-0.2, -0.15) is 13.2 Å². The summed E-state index contributed by atoms with van der Waals surface area (Å²) in [6.45, 7) is 0. The van der Waals surface area contributed by atoms with Crippen LogP contribution in [0.1, 0.15) is 10.4 Å². The molecule has 6 heteroatoms. The van der Waals surface area contributed by atoms with Crippen molar-refractivity contribution in [2.24, 2.45) is 0 Å². The molecule has 0 aliphatic rings. The molecule has 0 unspecified atom stereocenters. The molecule has 0 bridgehead atoms. The normalized spacial score (nSPS) is 11.1. The van der Waals surface area contributed by atoms with E-state index in [0.29, 0.717) is 5.56 Å². The van der Waals surface area contributed by atoms with E-state index in [1.165, 1.54) is 12.1 Å². The third-order valence-electron chi connectivity index (χ3n) is 1.50. The van der Waals surface area contributed by atoms with E-state index in [1.54, 1.807) is 18.2 Å². The third-order valence-corrected chi connectivity index (χ3v) is 2.12. The van der Waals surface area contributed by atoms with Crippen LogP contribution in [0.2, 0.25) is 0 Å². The number of rotatable bonds is 3. The van der Waals surface area contributed by atoms with Gasteiger partial charge in [0.05, 0.1) is 5.88 Å². The van der Waals surface area contributed by atoms with E-state index in [4.69, 9.17) is 0 Å². The molecule has 82 valence electrons. The Bertz CT molecular complexity index is 326. The summed E-state index contributed by atoms with van der Waals surface area (Å²) in [5.41, 5.74) is -3.97. The molecule has 0 atom stereocenters. The maximum atomic E-state index is 11.7. The maximum Gasteiger partial charge on any atom is 0.443 e. The van der Waals surface area contributed by atoms with E-state index in [2.05, 4.69) is 5.32 Å². The SMILES string of the molecule is O=C(NCSC(F)(F)F)c1ccccc1. The van der Waals surface area contributed by atoms with Gasteiger partial charge in [-0.1, -0.05) is 18.2 Å². The molecule has 0 saturated carbocycles. The second kappa shape index (κ2) is 5.06. The smallest absolute Gasteiger partial charge is 0.343 e.